The second-order valence-corrected chi connectivity index (χ2v) is 18.3. The van der Waals surface area contributed by atoms with E-state index in [1.165, 1.54) is 28.8 Å². The zero-order valence-electron chi connectivity index (χ0n) is 12.2. The molecule has 0 aromatic carbocycles. The van der Waals surface area contributed by atoms with Crippen LogP contribution >= 0.6 is 0 Å². The molecule has 16 heavy (non-hydrogen) atoms. The molecule has 0 aromatic heterocycles. The first kappa shape index (κ1) is 16.8. The molecule has 0 saturated carbocycles. The van der Waals surface area contributed by atoms with Crippen molar-refractivity contribution in [3.63, 3.8) is 0 Å². The highest BCUT2D eigenvalue weighted by Crippen LogP contribution is 2.14. The minimum absolute atomic E-state index is 0.198. The molecule has 0 heterocycles. The van der Waals surface area contributed by atoms with E-state index in [4.69, 9.17) is 8.85 Å². The van der Waals surface area contributed by atoms with Gasteiger partial charge in [0.25, 0.3) is 0 Å². The average molecular weight is 295 g/mol. The molecule has 0 unspecified atom stereocenters. The third kappa shape index (κ3) is 11.3. The molecule has 0 aromatic rings. The van der Waals surface area contributed by atoms with E-state index in [-0.39, 0.29) is 15.4 Å². The summed E-state index contributed by atoms with van der Waals surface area (Å²) in [6.45, 7) is 13.6. The number of hydrogen-bond acceptors (Lipinski definition) is 2. The summed E-state index contributed by atoms with van der Waals surface area (Å²) in [4.78, 5) is 0. The molecule has 0 aliphatic rings. The summed E-state index contributed by atoms with van der Waals surface area (Å²) in [7, 11) is -1.73. The lowest BCUT2D eigenvalue weighted by Gasteiger charge is -2.31. The van der Waals surface area contributed by atoms with Crippen LogP contribution < -0.4 is 0 Å². The van der Waals surface area contributed by atoms with Crippen molar-refractivity contribution in [2.75, 3.05) is 0 Å². The highest BCUT2D eigenvalue weighted by Gasteiger charge is 2.26. The van der Waals surface area contributed by atoms with Crippen molar-refractivity contribution in [2.45, 2.75) is 63.7 Å². The van der Waals surface area contributed by atoms with E-state index in [0.29, 0.717) is 0 Å². The smallest absolute Gasteiger partial charge is 0.186 e. The molecule has 98 valence electrons. The quantitative estimate of drug-likeness (QED) is 0.386. The van der Waals surface area contributed by atoms with Crippen molar-refractivity contribution >= 4 is 36.4 Å². The minimum atomic E-state index is -1.44. The van der Waals surface area contributed by atoms with Crippen LogP contribution in [0.2, 0.25) is 51.4 Å². The molecule has 0 saturated heterocycles. The van der Waals surface area contributed by atoms with Gasteiger partial charge in [-0.15, -0.1) is 0 Å². The molecule has 0 rings (SSSR count). The van der Waals surface area contributed by atoms with Gasteiger partial charge < -0.3 is 8.85 Å². The summed E-state index contributed by atoms with van der Waals surface area (Å²) in [6, 6.07) is 2.82. The fourth-order valence-electron chi connectivity index (χ4n) is 1.49. The van der Waals surface area contributed by atoms with E-state index in [1.54, 1.807) is 0 Å². The monoisotopic (exact) mass is 294 g/mol. The Bertz CT molecular complexity index is 170. The van der Waals surface area contributed by atoms with Crippen LogP contribution in [0, 0.1) is 0 Å². The maximum atomic E-state index is 6.18. The van der Waals surface area contributed by atoms with Crippen LogP contribution in [0.5, 0.6) is 0 Å². The van der Waals surface area contributed by atoms with Gasteiger partial charge >= 0.3 is 0 Å². The van der Waals surface area contributed by atoms with Crippen molar-refractivity contribution in [3.8, 4) is 0 Å². The second kappa shape index (κ2) is 7.27. The molecular weight excluding hydrogens is 264 g/mol. The predicted molar refractivity (Wildman–Crippen MR) is 85.4 cm³/mol. The maximum Gasteiger partial charge on any atom is 0.186 e. The van der Waals surface area contributed by atoms with Crippen LogP contribution in [0.25, 0.3) is 0 Å². The molecule has 0 aliphatic heterocycles. The molecule has 0 aliphatic carbocycles. The Morgan fingerprint density at radius 1 is 1.00 bits per heavy atom. The first-order chi connectivity index (χ1) is 7.14. The Balaban J connectivity index is 4.17. The summed E-state index contributed by atoms with van der Waals surface area (Å²) in [5.74, 6) is 0.201. The molecule has 0 spiro atoms. The lowest BCUT2D eigenvalue weighted by Crippen LogP contribution is -2.42. The van der Waals surface area contributed by atoms with Crippen LogP contribution in [-0.4, -0.2) is 42.3 Å². The van der Waals surface area contributed by atoms with Gasteiger partial charge in [-0.3, -0.25) is 0 Å². The fraction of sp³-hybridized carbons (Fsp3) is 1.00. The zero-order chi connectivity index (χ0) is 12.8. The lowest BCUT2D eigenvalue weighted by molar-refractivity contribution is 0.0605. The highest BCUT2D eigenvalue weighted by molar-refractivity contribution is 6.71. The van der Waals surface area contributed by atoms with E-state index in [2.05, 4.69) is 39.3 Å². The van der Waals surface area contributed by atoms with Gasteiger partial charge in [0.1, 0.15) is 5.91 Å². The summed E-state index contributed by atoms with van der Waals surface area (Å²) < 4.78 is 12.4. The second-order valence-electron chi connectivity index (χ2n) is 6.39. The highest BCUT2D eigenvalue weighted by atomic mass is 28.4. The van der Waals surface area contributed by atoms with Crippen molar-refractivity contribution in [1.82, 2.24) is 0 Å². The average Bonchev–Trinajstić information content (AvgIpc) is 1.97. The van der Waals surface area contributed by atoms with Crippen molar-refractivity contribution in [3.05, 3.63) is 0 Å². The van der Waals surface area contributed by atoms with Gasteiger partial charge in [-0.1, -0.05) is 18.5 Å². The van der Waals surface area contributed by atoms with Crippen LogP contribution in [0.4, 0.5) is 0 Å². The Morgan fingerprint density at radius 2 is 1.44 bits per heavy atom. The Labute approximate surface area is 109 Å². The van der Waals surface area contributed by atoms with Gasteiger partial charge in [0.15, 0.2) is 16.6 Å². The van der Waals surface area contributed by atoms with E-state index in [9.17, 15) is 0 Å². The topological polar surface area (TPSA) is 18.5 Å². The molecule has 0 atom stereocenters. The Morgan fingerprint density at radius 3 is 1.75 bits per heavy atom. The maximum absolute atomic E-state index is 6.18. The molecule has 6 heteroatoms. The lowest BCUT2D eigenvalue weighted by atomic mass is 10.6. The van der Waals surface area contributed by atoms with Gasteiger partial charge in [-0.25, -0.2) is 0 Å². The first-order valence-electron chi connectivity index (χ1n) is 6.50. The van der Waals surface area contributed by atoms with Gasteiger partial charge in [-0.2, -0.15) is 0 Å². The number of hydrogen-bond donors (Lipinski definition) is 0. The molecule has 0 bridgehead atoms. The minimum Gasteiger partial charge on any atom is -0.398 e. The molecule has 0 fully saturated rings. The zero-order valence-corrected chi connectivity index (χ0v) is 17.6. The SMILES string of the molecule is C[Si](C)(C)OC(O[Si](C)(C)C)[SiH2]CCC[SiH3]. The summed E-state index contributed by atoms with van der Waals surface area (Å²) >= 11 is 0. The van der Waals surface area contributed by atoms with Gasteiger partial charge in [0.05, 0.1) is 9.52 Å². The normalized spacial score (nSPS) is 14.4. The fourth-order valence-corrected chi connectivity index (χ4v) is 9.83. The molecule has 0 N–H and O–H groups in total. The Hall–Kier alpha value is 0.788. The van der Waals surface area contributed by atoms with E-state index in [1.807, 2.05) is 0 Å². The standard InChI is InChI=1S/C10H30O2Si4/c1-15(2,3)11-10(12-16(4,5)6)14-9-7-8-13/h10H,7-9,14H2,1-6,13H3. The third-order valence-corrected chi connectivity index (χ3v) is 7.04. The van der Waals surface area contributed by atoms with E-state index >= 15 is 0 Å². The van der Waals surface area contributed by atoms with Crippen molar-refractivity contribution in [1.29, 1.82) is 0 Å². The van der Waals surface area contributed by atoms with Crippen LogP contribution in [0.3, 0.4) is 0 Å². The summed E-state index contributed by atoms with van der Waals surface area (Å²) in [5, 5.41) is 0. The van der Waals surface area contributed by atoms with Crippen molar-refractivity contribution < 1.29 is 8.85 Å². The van der Waals surface area contributed by atoms with Gasteiger partial charge in [0.2, 0.25) is 0 Å². The largest absolute Gasteiger partial charge is 0.398 e. The number of rotatable bonds is 8. The van der Waals surface area contributed by atoms with E-state index < -0.39 is 16.6 Å². The molecule has 2 nitrogen and oxygen atoms in total. The Kier molecular flexibility index (Phi) is 7.63. The summed E-state index contributed by atoms with van der Waals surface area (Å²) in [6.07, 6.45) is 1.40. The van der Waals surface area contributed by atoms with Gasteiger partial charge in [0, 0.05) is 10.2 Å². The van der Waals surface area contributed by atoms with Crippen LogP contribution in [-0.2, 0) is 8.85 Å². The summed E-state index contributed by atoms with van der Waals surface area (Å²) in [5.41, 5.74) is 0. The van der Waals surface area contributed by atoms with Gasteiger partial charge in [-0.05, 0) is 39.3 Å². The molecule has 0 amide bonds. The third-order valence-electron chi connectivity index (χ3n) is 2.01. The van der Waals surface area contributed by atoms with Crippen LogP contribution in [0.1, 0.15) is 6.42 Å². The first-order valence-corrected chi connectivity index (χ1v) is 16.5. The molecular formula is C10H30O2Si4. The van der Waals surface area contributed by atoms with E-state index in [0.717, 1.165) is 0 Å². The van der Waals surface area contributed by atoms with Crippen molar-refractivity contribution in [2.24, 2.45) is 0 Å². The molecule has 0 radical (unpaired) electrons. The van der Waals surface area contributed by atoms with Crippen LogP contribution in [0.15, 0.2) is 0 Å². The predicted octanol–water partition coefficient (Wildman–Crippen LogP) is 1.73.